The van der Waals surface area contributed by atoms with Crippen LogP contribution in [0.5, 0.6) is 0 Å². The number of nitro groups is 1. The molecule has 4 aromatic rings. The third kappa shape index (κ3) is 3.94. The number of carbonyl (C=O) groups is 1. The summed E-state index contributed by atoms with van der Waals surface area (Å²) in [5.41, 5.74) is 2.92. The number of nitro benzene ring substituents is 1. The van der Waals surface area contributed by atoms with Gasteiger partial charge in [0.2, 0.25) is 0 Å². The van der Waals surface area contributed by atoms with E-state index in [9.17, 15) is 14.9 Å². The van der Waals surface area contributed by atoms with Crippen LogP contribution in [-0.2, 0) is 0 Å². The molecule has 0 aliphatic carbocycles. The van der Waals surface area contributed by atoms with Crippen LogP contribution in [0.15, 0.2) is 84.9 Å². The van der Waals surface area contributed by atoms with E-state index < -0.39 is 4.92 Å². The van der Waals surface area contributed by atoms with E-state index in [1.807, 2.05) is 72.6 Å². The van der Waals surface area contributed by atoms with Gasteiger partial charge in [-0.1, -0.05) is 0 Å². The second-order valence-corrected chi connectivity index (χ2v) is 8.62. The van der Waals surface area contributed by atoms with Crippen molar-refractivity contribution in [2.45, 2.75) is 0 Å². The van der Waals surface area contributed by atoms with Gasteiger partial charge in [0.15, 0.2) is 0 Å². The molecule has 30 heavy (non-hydrogen) atoms. The van der Waals surface area contributed by atoms with Gasteiger partial charge >= 0.3 is 179 Å². The summed E-state index contributed by atoms with van der Waals surface area (Å²) in [5.74, 6) is -0.149. The average molecular weight is 462 g/mol. The summed E-state index contributed by atoms with van der Waals surface area (Å²) >= 11 is -0.311. The standard InChI is InChI=1S/C23H17N3O3Se/c1-25(18-10-6-3-7-11-18)23-24-20(16-8-4-2-5-9-16)22(30-23)21(27)17-12-14-19(15-13-17)26(28)29/h2-15H,1H3. The van der Waals surface area contributed by atoms with Crippen molar-refractivity contribution in [2.75, 3.05) is 11.9 Å². The topological polar surface area (TPSA) is 76.3 Å². The molecular formula is C23H17N3O3Se. The van der Waals surface area contributed by atoms with Gasteiger partial charge in [-0.25, -0.2) is 0 Å². The fourth-order valence-electron chi connectivity index (χ4n) is 3.03. The second kappa shape index (κ2) is 8.45. The summed E-state index contributed by atoms with van der Waals surface area (Å²) in [6.07, 6.45) is 0. The maximum absolute atomic E-state index is 13.3. The molecular weight excluding hydrogens is 445 g/mol. The molecule has 0 N–H and O–H groups in total. The number of hydrogen-bond donors (Lipinski definition) is 0. The molecule has 0 spiro atoms. The molecule has 1 heterocycles. The summed E-state index contributed by atoms with van der Waals surface area (Å²) in [6.45, 7) is 0. The SMILES string of the molecule is CN(c1ccccc1)c1nc(-c2ccccc2)c(C(=O)c2ccc([N+](=O)[O-])cc2)[se]1. The Morgan fingerprint density at radius 2 is 1.53 bits per heavy atom. The van der Waals surface area contributed by atoms with Crippen LogP contribution in [0.2, 0.25) is 0 Å². The first-order chi connectivity index (χ1) is 14.5. The van der Waals surface area contributed by atoms with Crippen LogP contribution in [-0.4, -0.2) is 37.2 Å². The fraction of sp³-hybridized carbons (Fsp3) is 0.0435. The fourth-order valence-corrected chi connectivity index (χ4v) is 5.19. The molecule has 148 valence electrons. The van der Waals surface area contributed by atoms with E-state index >= 15 is 0 Å². The van der Waals surface area contributed by atoms with Gasteiger partial charge in [0.05, 0.1) is 0 Å². The quantitative estimate of drug-likeness (QED) is 0.180. The molecule has 0 fully saturated rings. The number of nitrogens with zero attached hydrogens (tertiary/aromatic N) is 3. The van der Waals surface area contributed by atoms with Gasteiger partial charge in [-0.15, -0.1) is 0 Å². The minimum absolute atomic E-state index is 0.0403. The zero-order chi connectivity index (χ0) is 21.1. The Morgan fingerprint density at radius 1 is 0.933 bits per heavy atom. The Balaban J connectivity index is 1.78. The molecule has 0 unspecified atom stereocenters. The van der Waals surface area contributed by atoms with Gasteiger partial charge in [-0.05, 0) is 0 Å². The number of rotatable bonds is 6. The molecule has 0 aliphatic rings. The normalized spacial score (nSPS) is 10.6. The molecule has 7 heteroatoms. The molecule has 6 nitrogen and oxygen atoms in total. The van der Waals surface area contributed by atoms with Crippen molar-refractivity contribution in [1.29, 1.82) is 0 Å². The summed E-state index contributed by atoms with van der Waals surface area (Å²) in [7, 11) is 1.94. The molecule has 0 saturated carbocycles. The number of carbonyl (C=O) groups excluding carboxylic acids is 1. The Bertz CT molecular complexity index is 1190. The van der Waals surface area contributed by atoms with Gasteiger partial charge in [0, 0.05) is 0 Å². The van der Waals surface area contributed by atoms with Crippen molar-refractivity contribution in [1.82, 2.24) is 4.98 Å². The van der Waals surface area contributed by atoms with Crippen molar-refractivity contribution in [2.24, 2.45) is 0 Å². The third-order valence-corrected chi connectivity index (χ3v) is 7.01. The summed E-state index contributed by atoms with van der Waals surface area (Å²) in [5, 5.41) is 10.9. The van der Waals surface area contributed by atoms with E-state index in [2.05, 4.69) is 0 Å². The number of aromatic nitrogens is 1. The van der Waals surface area contributed by atoms with Gasteiger partial charge in [-0.3, -0.25) is 0 Å². The van der Waals surface area contributed by atoms with E-state index in [-0.39, 0.29) is 26.0 Å². The van der Waals surface area contributed by atoms with Crippen LogP contribution in [0.1, 0.15) is 14.8 Å². The van der Waals surface area contributed by atoms with Crippen LogP contribution >= 0.6 is 0 Å². The van der Waals surface area contributed by atoms with Gasteiger partial charge in [-0.2, -0.15) is 0 Å². The molecule has 0 atom stereocenters. The predicted molar refractivity (Wildman–Crippen MR) is 118 cm³/mol. The zero-order valence-corrected chi connectivity index (χ0v) is 17.8. The maximum atomic E-state index is 13.3. The summed E-state index contributed by atoms with van der Waals surface area (Å²) in [6, 6.07) is 25.2. The Kier molecular flexibility index (Phi) is 5.57. The van der Waals surface area contributed by atoms with Gasteiger partial charge in [0.25, 0.3) is 0 Å². The first kappa shape index (κ1) is 19.8. The summed E-state index contributed by atoms with van der Waals surface area (Å²) < 4.78 is 1.47. The molecule has 0 radical (unpaired) electrons. The van der Waals surface area contributed by atoms with Crippen molar-refractivity contribution in [3.05, 3.63) is 105 Å². The molecule has 3 aromatic carbocycles. The van der Waals surface area contributed by atoms with E-state index in [0.29, 0.717) is 15.7 Å². The Morgan fingerprint density at radius 3 is 2.13 bits per heavy atom. The molecule has 0 aliphatic heterocycles. The monoisotopic (exact) mass is 463 g/mol. The number of para-hydroxylation sites is 1. The van der Waals surface area contributed by atoms with E-state index in [4.69, 9.17) is 4.98 Å². The van der Waals surface area contributed by atoms with Crippen LogP contribution in [0, 0.1) is 10.1 Å². The molecule has 0 amide bonds. The van der Waals surface area contributed by atoms with Gasteiger partial charge in [0.1, 0.15) is 0 Å². The molecule has 4 rings (SSSR count). The van der Waals surface area contributed by atoms with E-state index in [0.717, 1.165) is 15.9 Å². The minimum atomic E-state index is -0.474. The molecule has 0 saturated heterocycles. The first-order valence-electron chi connectivity index (χ1n) is 9.19. The summed E-state index contributed by atoms with van der Waals surface area (Å²) in [4.78, 5) is 30.6. The van der Waals surface area contributed by atoms with Crippen molar-refractivity contribution < 1.29 is 9.72 Å². The predicted octanol–water partition coefficient (Wildman–Crippen LogP) is 4.71. The molecule has 1 aromatic heterocycles. The van der Waals surface area contributed by atoms with Crippen LogP contribution < -0.4 is 4.90 Å². The van der Waals surface area contributed by atoms with Gasteiger partial charge < -0.3 is 0 Å². The van der Waals surface area contributed by atoms with Crippen molar-refractivity contribution >= 4 is 36.4 Å². The Hall–Kier alpha value is -3.54. The average Bonchev–Trinajstić information content (AvgIpc) is 3.25. The van der Waals surface area contributed by atoms with Crippen LogP contribution in [0.4, 0.5) is 16.1 Å². The zero-order valence-electron chi connectivity index (χ0n) is 16.1. The second-order valence-electron chi connectivity index (χ2n) is 6.57. The first-order valence-corrected chi connectivity index (χ1v) is 10.9. The number of non-ortho nitro benzene ring substituents is 1. The van der Waals surface area contributed by atoms with E-state index in [1.165, 1.54) is 24.3 Å². The Labute approximate surface area is 179 Å². The molecule has 0 bridgehead atoms. The third-order valence-electron chi connectivity index (χ3n) is 4.64. The van der Waals surface area contributed by atoms with Crippen molar-refractivity contribution in [3.8, 4) is 11.3 Å². The van der Waals surface area contributed by atoms with E-state index in [1.54, 1.807) is 0 Å². The number of hydrogen-bond acceptors (Lipinski definition) is 5. The van der Waals surface area contributed by atoms with Crippen LogP contribution in [0.25, 0.3) is 11.3 Å². The van der Waals surface area contributed by atoms with Crippen LogP contribution in [0.3, 0.4) is 0 Å². The number of benzene rings is 3. The number of ketones is 1. The number of anilines is 2. The van der Waals surface area contributed by atoms with Crippen molar-refractivity contribution in [3.63, 3.8) is 0 Å².